The van der Waals surface area contributed by atoms with E-state index >= 15 is 0 Å². The number of benzene rings is 2. The van der Waals surface area contributed by atoms with Gasteiger partial charge in [-0.25, -0.2) is 9.97 Å². The summed E-state index contributed by atoms with van der Waals surface area (Å²) in [5.74, 6) is 0.372. The van der Waals surface area contributed by atoms with Crippen LogP contribution in [0.3, 0.4) is 0 Å². The Kier molecular flexibility index (Phi) is 5.48. The molecule has 1 aliphatic carbocycles. The van der Waals surface area contributed by atoms with E-state index in [0.717, 1.165) is 36.6 Å². The Morgan fingerprint density at radius 1 is 1.04 bits per heavy atom. The Labute approximate surface area is 164 Å². The molecule has 0 saturated heterocycles. The molecule has 6 nitrogen and oxygen atoms in total. The van der Waals surface area contributed by atoms with E-state index in [1.54, 1.807) is 12.3 Å². The predicted molar refractivity (Wildman–Crippen MR) is 109 cm³/mol. The molecule has 0 unspecified atom stereocenters. The van der Waals surface area contributed by atoms with E-state index in [2.05, 4.69) is 20.6 Å². The van der Waals surface area contributed by atoms with Crippen LogP contribution in [0.25, 0.3) is 10.9 Å². The van der Waals surface area contributed by atoms with Crippen LogP contribution in [0.15, 0.2) is 54.7 Å². The fraction of sp³-hybridized carbons (Fsp3) is 0.318. The number of anilines is 1. The summed E-state index contributed by atoms with van der Waals surface area (Å²) in [7, 11) is 0. The van der Waals surface area contributed by atoms with E-state index in [9.17, 15) is 9.90 Å². The van der Waals surface area contributed by atoms with Gasteiger partial charge in [-0.05, 0) is 37.3 Å². The summed E-state index contributed by atoms with van der Waals surface area (Å²) in [5.41, 5.74) is 2.23. The first-order valence-electron chi connectivity index (χ1n) is 9.71. The third-order valence-corrected chi connectivity index (χ3v) is 5.18. The Morgan fingerprint density at radius 2 is 1.82 bits per heavy atom. The highest BCUT2D eigenvalue weighted by Gasteiger charge is 2.20. The van der Waals surface area contributed by atoms with Crippen LogP contribution in [0.5, 0.6) is 0 Å². The van der Waals surface area contributed by atoms with Gasteiger partial charge in [-0.1, -0.05) is 42.5 Å². The van der Waals surface area contributed by atoms with Crippen LogP contribution < -0.4 is 10.6 Å². The first-order chi connectivity index (χ1) is 13.7. The maximum atomic E-state index is 12.7. The van der Waals surface area contributed by atoms with Crippen molar-refractivity contribution < 1.29 is 9.90 Å². The van der Waals surface area contributed by atoms with Crippen molar-refractivity contribution in [3.8, 4) is 0 Å². The molecular formula is C22H24N4O2. The first kappa shape index (κ1) is 18.4. The number of nitrogens with one attached hydrogen (secondary N) is 2. The molecule has 144 valence electrons. The van der Waals surface area contributed by atoms with Gasteiger partial charge in [0.1, 0.15) is 0 Å². The lowest BCUT2D eigenvalue weighted by Crippen LogP contribution is -2.29. The number of amides is 1. The summed E-state index contributed by atoms with van der Waals surface area (Å²) in [4.78, 5) is 21.8. The van der Waals surface area contributed by atoms with Crippen molar-refractivity contribution >= 4 is 22.8 Å². The van der Waals surface area contributed by atoms with Crippen LogP contribution in [-0.4, -0.2) is 33.1 Å². The summed E-state index contributed by atoms with van der Waals surface area (Å²) in [6, 6.07) is 15.6. The van der Waals surface area contributed by atoms with Crippen molar-refractivity contribution in [2.24, 2.45) is 0 Å². The summed E-state index contributed by atoms with van der Waals surface area (Å²) in [6.45, 7) is 0.469. The molecular weight excluding hydrogens is 352 g/mol. The molecule has 1 saturated carbocycles. The molecule has 0 radical (unpaired) electrons. The lowest BCUT2D eigenvalue weighted by atomic mass is 9.93. The number of rotatable bonds is 5. The highest BCUT2D eigenvalue weighted by molar-refractivity contribution is 6.05. The lowest BCUT2D eigenvalue weighted by molar-refractivity contribution is 0.0952. The molecule has 1 heterocycles. The van der Waals surface area contributed by atoms with E-state index in [1.165, 1.54) is 0 Å². The second-order valence-corrected chi connectivity index (χ2v) is 7.26. The molecule has 0 aliphatic heterocycles. The Bertz CT molecular complexity index is 953. The van der Waals surface area contributed by atoms with Crippen molar-refractivity contribution in [2.45, 2.75) is 44.4 Å². The molecule has 1 aromatic heterocycles. The summed E-state index contributed by atoms with van der Waals surface area (Å²) in [6.07, 6.45) is 4.91. The van der Waals surface area contributed by atoms with Crippen LogP contribution in [0.4, 0.5) is 5.95 Å². The zero-order chi connectivity index (χ0) is 19.3. The molecule has 28 heavy (non-hydrogen) atoms. The summed E-state index contributed by atoms with van der Waals surface area (Å²) < 4.78 is 0. The standard InChI is InChI=1S/C22H24N4O2/c27-18-11-9-17(10-12-18)25-22-24-14-16-7-4-8-19(20(16)26-22)21(28)23-13-15-5-2-1-3-6-15/h1-8,14,17-18,27H,9-13H2,(H,23,28)(H,24,25,26). The van der Waals surface area contributed by atoms with Gasteiger partial charge < -0.3 is 15.7 Å². The van der Waals surface area contributed by atoms with Crippen LogP contribution in [0.2, 0.25) is 0 Å². The van der Waals surface area contributed by atoms with Crippen LogP contribution >= 0.6 is 0 Å². The number of para-hydroxylation sites is 1. The third kappa shape index (κ3) is 4.28. The van der Waals surface area contributed by atoms with E-state index < -0.39 is 0 Å². The van der Waals surface area contributed by atoms with E-state index in [1.807, 2.05) is 42.5 Å². The lowest BCUT2D eigenvalue weighted by Gasteiger charge is -2.26. The fourth-order valence-corrected chi connectivity index (χ4v) is 3.58. The Morgan fingerprint density at radius 3 is 2.61 bits per heavy atom. The van der Waals surface area contributed by atoms with Gasteiger partial charge in [0, 0.05) is 24.2 Å². The zero-order valence-electron chi connectivity index (χ0n) is 15.6. The smallest absolute Gasteiger partial charge is 0.253 e. The van der Waals surface area contributed by atoms with Crippen LogP contribution in [0.1, 0.15) is 41.6 Å². The highest BCUT2D eigenvalue weighted by atomic mass is 16.3. The van der Waals surface area contributed by atoms with E-state index in [4.69, 9.17) is 0 Å². The quantitative estimate of drug-likeness (QED) is 0.636. The third-order valence-electron chi connectivity index (χ3n) is 5.18. The van der Waals surface area contributed by atoms with Gasteiger partial charge in [-0.15, -0.1) is 0 Å². The first-order valence-corrected chi connectivity index (χ1v) is 9.71. The number of hydrogen-bond acceptors (Lipinski definition) is 5. The van der Waals surface area contributed by atoms with Gasteiger partial charge in [0.2, 0.25) is 5.95 Å². The largest absolute Gasteiger partial charge is 0.393 e. The number of carbonyl (C=O) groups is 1. The van der Waals surface area contributed by atoms with E-state index in [-0.39, 0.29) is 18.1 Å². The maximum Gasteiger partial charge on any atom is 0.253 e. The molecule has 0 spiro atoms. The molecule has 3 aromatic rings. The van der Waals surface area contributed by atoms with Gasteiger partial charge in [0.25, 0.3) is 5.91 Å². The minimum Gasteiger partial charge on any atom is -0.393 e. The van der Waals surface area contributed by atoms with Crippen LogP contribution in [0, 0.1) is 0 Å². The van der Waals surface area contributed by atoms with Crippen molar-refractivity contribution in [3.63, 3.8) is 0 Å². The van der Waals surface area contributed by atoms with Gasteiger partial charge in [0.15, 0.2) is 0 Å². The average Bonchev–Trinajstić information content (AvgIpc) is 2.74. The minimum absolute atomic E-state index is 0.153. The number of aromatic nitrogens is 2. The van der Waals surface area contributed by atoms with Crippen LogP contribution in [-0.2, 0) is 6.54 Å². The molecule has 4 rings (SSSR count). The normalized spacial score (nSPS) is 19.3. The Balaban J connectivity index is 1.52. The number of aliphatic hydroxyl groups excluding tert-OH is 1. The number of carbonyl (C=O) groups excluding carboxylic acids is 1. The molecule has 2 aromatic carbocycles. The van der Waals surface area contributed by atoms with Crippen molar-refractivity contribution in [3.05, 3.63) is 65.9 Å². The summed E-state index contributed by atoms with van der Waals surface area (Å²) >= 11 is 0. The van der Waals surface area contributed by atoms with Gasteiger partial charge >= 0.3 is 0 Å². The minimum atomic E-state index is -0.199. The maximum absolute atomic E-state index is 12.7. The molecule has 1 fully saturated rings. The topological polar surface area (TPSA) is 87.1 Å². The number of nitrogens with zero attached hydrogens (tertiary/aromatic N) is 2. The second-order valence-electron chi connectivity index (χ2n) is 7.26. The fourth-order valence-electron chi connectivity index (χ4n) is 3.58. The monoisotopic (exact) mass is 376 g/mol. The average molecular weight is 376 g/mol. The zero-order valence-corrected chi connectivity index (χ0v) is 15.6. The summed E-state index contributed by atoms with van der Waals surface area (Å²) in [5, 5.41) is 16.8. The van der Waals surface area contributed by atoms with Crippen molar-refractivity contribution in [1.82, 2.24) is 15.3 Å². The van der Waals surface area contributed by atoms with E-state index in [0.29, 0.717) is 23.6 Å². The number of aliphatic hydroxyl groups is 1. The number of hydrogen-bond donors (Lipinski definition) is 3. The highest BCUT2D eigenvalue weighted by Crippen LogP contribution is 2.23. The van der Waals surface area contributed by atoms with Gasteiger partial charge in [-0.2, -0.15) is 0 Å². The van der Waals surface area contributed by atoms with Gasteiger partial charge in [0.05, 0.1) is 17.2 Å². The SMILES string of the molecule is O=C(NCc1ccccc1)c1cccc2cnc(NC3CCC(O)CC3)nc12. The Hall–Kier alpha value is -2.99. The number of fused-ring (bicyclic) bond motifs is 1. The van der Waals surface area contributed by atoms with Crippen molar-refractivity contribution in [1.29, 1.82) is 0 Å². The molecule has 1 amide bonds. The molecule has 0 bridgehead atoms. The second kappa shape index (κ2) is 8.35. The predicted octanol–water partition coefficient (Wildman–Crippen LogP) is 3.28. The molecule has 3 N–H and O–H groups in total. The molecule has 0 atom stereocenters. The molecule has 6 heteroatoms. The van der Waals surface area contributed by atoms with Gasteiger partial charge in [-0.3, -0.25) is 4.79 Å². The molecule has 1 aliphatic rings. The van der Waals surface area contributed by atoms with Crippen molar-refractivity contribution in [2.75, 3.05) is 5.32 Å².